The molecule has 2 N–H and O–H groups in total. The highest BCUT2D eigenvalue weighted by molar-refractivity contribution is 5.85. The van der Waals surface area contributed by atoms with Gasteiger partial charge in [0.15, 0.2) is 0 Å². The Bertz CT molecular complexity index is 243. The first-order valence-electron chi connectivity index (χ1n) is 6.45. The minimum atomic E-state index is -0.364. The monoisotopic (exact) mass is 276 g/mol. The van der Waals surface area contributed by atoms with Crippen molar-refractivity contribution in [2.75, 3.05) is 26.2 Å². The van der Waals surface area contributed by atoms with Crippen molar-refractivity contribution in [3.63, 3.8) is 0 Å². The van der Waals surface area contributed by atoms with E-state index in [9.17, 15) is 4.79 Å². The molecule has 0 aromatic heterocycles. The zero-order chi connectivity index (χ0) is 12.5. The number of nitrogens with one attached hydrogen (secondary N) is 2. The lowest BCUT2D eigenvalue weighted by Crippen LogP contribution is -2.35. The molecular formula is C13H25ClN2O2. The zero-order valence-corrected chi connectivity index (χ0v) is 11.9. The van der Waals surface area contributed by atoms with Gasteiger partial charge in [-0.1, -0.05) is 6.08 Å². The van der Waals surface area contributed by atoms with E-state index in [0.717, 1.165) is 32.5 Å². The molecule has 4 nitrogen and oxygen atoms in total. The number of carbonyl (C=O) groups is 1. The van der Waals surface area contributed by atoms with E-state index in [-0.39, 0.29) is 24.4 Å². The molecule has 18 heavy (non-hydrogen) atoms. The third kappa shape index (κ3) is 6.99. The van der Waals surface area contributed by atoms with E-state index in [1.165, 1.54) is 6.42 Å². The molecule has 0 radical (unpaired) electrons. The van der Waals surface area contributed by atoms with Gasteiger partial charge >= 0.3 is 0 Å². The molecule has 5 heteroatoms. The van der Waals surface area contributed by atoms with Crippen LogP contribution in [0.1, 0.15) is 26.2 Å². The van der Waals surface area contributed by atoms with Crippen LogP contribution in [-0.4, -0.2) is 38.3 Å². The standard InChI is InChI=1S/C13H24N2O2.ClH/c1-3-4-9-17-11(2)13(16)15-8-6-12-5-7-14-10-12;/h3,11-12,14H,1,4-10H2,2H3,(H,15,16);1H. The Kier molecular flexibility index (Phi) is 10.0. The van der Waals surface area contributed by atoms with Crippen LogP contribution in [-0.2, 0) is 9.53 Å². The van der Waals surface area contributed by atoms with Crippen LogP contribution in [0.2, 0.25) is 0 Å². The number of carbonyl (C=O) groups excluding carboxylic acids is 1. The highest BCUT2D eigenvalue weighted by atomic mass is 35.5. The first kappa shape index (κ1) is 17.4. The van der Waals surface area contributed by atoms with E-state index in [2.05, 4.69) is 17.2 Å². The molecule has 1 rings (SSSR count). The summed E-state index contributed by atoms with van der Waals surface area (Å²) in [7, 11) is 0. The molecule has 1 heterocycles. The summed E-state index contributed by atoms with van der Waals surface area (Å²) in [5.41, 5.74) is 0. The quantitative estimate of drug-likeness (QED) is 0.522. The number of ether oxygens (including phenoxy) is 1. The van der Waals surface area contributed by atoms with Crippen molar-refractivity contribution in [1.29, 1.82) is 0 Å². The molecule has 0 aliphatic carbocycles. The third-order valence-electron chi connectivity index (χ3n) is 3.07. The lowest BCUT2D eigenvalue weighted by molar-refractivity contribution is -0.131. The minimum absolute atomic E-state index is 0. The first-order valence-corrected chi connectivity index (χ1v) is 6.45. The van der Waals surface area contributed by atoms with Gasteiger partial charge in [-0.25, -0.2) is 0 Å². The molecule has 0 spiro atoms. The van der Waals surface area contributed by atoms with Gasteiger partial charge in [0, 0.05) is 6.54 Å². The van der Waals surface area contributed by atoms with Crippen molar-refractivity contribution in [3.05, 3.63) is 12.7 Å². The Morgan fingerprint density at radius 1 is 1.67 bits per heavy atom. The van der Waals surface area contributed by atoms with Crippen LogP contribution >= 0.6 is 12.4 Å². The van der Waals surface area contributed by atoms with Gasteiger partial charge in [-0.15, -0.1) is 19.0 Å². The summed E-state index contributed by atoms with van der Waals surface area (Å²) in [6.45, 7) is 8.90. The SMILES string of the molecule is C=CCCOC(C)C(=O)NCCC1CCNC1.Cl. The molecule has 0 saturated carbocycles. The van der Waals surface area contributed by atoms with Crippen molar-refractivity contribution in [2.24, 2.45) is 5.92 Å². The molecule has 2 atom stereocenters. The fourth-order valence-corrected chi connectivity index (χ4v) is 1.91. The summed E-state index contributed by atoms with van der Waals surface area (Å²) in [5, 5.41) is 6.24. The average molecular weight is 277 g/mol. The van der Waals surface area contributed by atoms with E-state index in [1.807, 2.05) is 0 Å². The first-order chi connectivity index (χ1) is 8.24. The second-order valence-corrected chi connectivity index (χ2v) is 4.53. The molecule has 1 saturated heterocycles. The molecule has 106 valence electrons. The van der Waals surface area contributed by atoms with Gasteiger partial charge in [-0.3, -0.25) is 4.79 Å². The van der Waals surface area contributed by atoms with Crippen LogP contribution in [0.25, 0.3) is 0 Å². The maximum Gasteiger partial charge on any atom is 0.248 e. The van der Waals surface area contributed by atoms with Gasteiger partial charge in [-0.05, 0) is 45.2 Å². The smallest absolute Gasteiger partial charge is 0.248 e. The van der Waals surface area contributed by atoms with Crippen molar-refractivity contribution in [2.45, 2.75) is 32.3 Å². The maximum absolute atomic E-state index is 11.6. The number of hydrogen-bond donors (Lipinski definition) is 2. The second-order valence-electron chi connectivity index (χ2n) is 4.53. The predicted octanol–water partition coefficient (Wildman–Crippen LogP) is 1.51. The van der Waals surface area contributed by atoms with Crippen molar-refractivity contribution < 1.29 is 9.53 Å². The fraction of sp³-hybridized carbons (Fsp3) is 0.769. The number of halogens is 1. The summed E-state index contributed by atoms with van der Waals surface area (Å²) in [4.78, 5) is 11.6. The Morgan fingerprint density at radius 3 is 3.06 bits per heavy atom. The van der Waals surface area contributed by atoms with Crippen LogP contribution < -0.4 is 10.6 Å². The van der Waals surface area contributed by atoms with E-state index >= 15 is 0 Å². The molecule has 0 aromatic rings. The summed E-state index contributed by atoms with van der Waals surface area (Å²) < 4.78 is 5.37. The third-order valence-corrected chi connectivity index (χ3v) is 3.07. The van der Waals surface area contributed by atoms with Crippen LogP contribution in [0.4, 0.5) is 0 Å². The van der Waals surface area contributed by atoms with Gasteiger partial charge in [0.25, 0.3) is 0 Å². The van der Waals surface area contributed by atoms with Crippen molar-refractivity contribution >= 4 is 18.3 Å². The van der Waals surface area contributed by atoms with Crippen molar-refractivity contribution in [3.8, 4) is 0 Å². The second kappa shape index (κ2) is 10.4. The lowest BCUT2D eigenvalue weighted by Gasteiger charge is -2.14. The molecule has 1 amide bonds. The van der Waals surface area contributed by atoms with E-state index in [1.54, 1.807) is 13.0 Å². The van der Waals surface area contributed by atoms with Crippen LogP contribution in [0.5, 0.6) is 0 Å². The van der Waals surface area contributed by atoms with Gasteiger partial charge in [0.05, 0.1) is 6.61 Å². The van der Waals surface area contributed by atoms with Gasteiger partial charge < -0.3 is 15.4 Å². The minimum Gasteiger partial charge on any atom is -0.368 e. The Morgan fingerprint density at radius 2 is 2.44 bits per heavy atom. The Hall–Kier alpha value is -0.580. The Labute approximate surface area is 116 Å². The predicted molar refractivity (Wildman–Crippen MR) is 76.1 cm³/mol. The van der Waals surface area contributed by atoms with Gasteiger partial charge in [0.1, 0.15) is 6.10 Å². The highest BCUT2D eigenvalue weighted by Crippen LogP contribution is 2.10. The topological polar surface area (TPSA) is 50.4 Å². The fourth-order valence-electron chi connectivity index (χ4n) is 1.91. The summed E-state index contributed by atoms with van der Waals surface area (Å²) in [6.07, 6.45) is 4.49. The molecule has 0 aromatic carbocycles. The number of hydrogen-bond acceptors (Lipinski definition) is 3. The summed E-state index contributed by atoms with van der Waals surface area (Å²) >= 11 is 0. The molecule has 2 unspecified atom stereocenters. The van der Waals surface area contributed by atoms with E-state index in [4.69, 9.17) is 4.74 Å². The van der Waals surface area contributed by atoms with E-state index < -0.39 is 0 Å². The molecule has 1 aliphatic heterocycles. The number of rotatable bonds is 8. The Balaban J connectivity index is 0.00000289. The van der Waals surface area contributed by atoms with Crippen LogP contribution in [0.3, 0.4) is 0 Å². The molecule has 1 aliphatic rings. The van der Waals surface area contributed by atoms with Crippen LogP contribution in [0, 0.1) is 5.92 Å². The summed E-state index contributed by atoms with van der Waals surface area (Å²) in [6, 6.07) is 0. The number of amides is 1. The van der Waals surface area contributed by atoms with Gasteiger partial charge in [-0.2, -0.15) is 0 Å². The average Bonchev–Trinajstić information content (AvgIpc) is 2.82. The normalized spacial score (nSPS) is 19.9. The van der Waals surface area contributed by atoms with Crippen molar-refractivity contribution in [1.82, 2.24) is 10.6 Å². The van der Waals surface area contributed by atoms with Crippen LogP contribution in [0.15, 0.2) is 12.7 Å². The van der Waals surface area contributed by atoms with Gasteiger partial charge in [0.2, 0.25) is 5.91 Å². The highest BCUT2D eigenvalue weighted by Gasteiger charge is 2.16. The molecular weight excluding hydrogens is 252 g/mol. The molecule has 0 bridgehead atoms. The zero-order valence-electron chi connectivity index (χ0n) is 11.1. The van der Waals surface area contributed by atoms with E-state index in [0.29, 0.717) is 12.5 Å². The summed E-state index contributed by atoms with van der Waals surface area (Å²) in [5.74, 6) is 0.701. The maximum atomic E-state index is 11.6. The lowest BCUT2D eigenvalue weighted by atomic mass is 10.1. The molecule has 1 fully saturated rings. The largest absolute Gasteiger partial charge is 0.368 e.